The van der Waals surface area contributed by atoms with Crippen molar-refractivity contribution in [2.75, 3.05) is 37.5 Å². The predicted octanol–water partition coefficient (Wildman–Crippen LogP) is 3.19. The van der Waals surface area contributed by atoms with Crippen molar-refractivity contribution in [3.05, 3.63) is 23.8 Å². The second-order valence-electron chi connectivity index (χ2n) is 4.96. The molecule has 1 aromatic carbocycles. The number of carbonyl (C=O) groups excluding carboxylic acids is 1. The Balaban J connectivity index is 2.00. The van der Waals surface area contributed by atoms with E-state index in [2.05, 4.69) is 10.1 Å². The van der Waals surface area contributed by atoms with Crippen LogP contribution in [0, 0.1) is 17.6 Å². The van der Waals surface area contributed by atoms with Gasteiger partial charge in [0.1, 0.15) is 0 Å². The molecular weight excluding hydrogens is 298 g/mol. The van der Waals surface area contributed by atoms with Gasteiger partial charge in [-0.3, -0.25) is 0 Å². The zero-order chi connectivity index (χ0) is 15.4. The monoisotopic (exact) mass is 316 g/mol. The zero-order valence-electron chi connectivity index (χ0n) is 12.0. The molecule has 0 radical (unpaired) electrons. The number of urea groups is 1. The molecule has 1 saturated heterocycles. The van der Waals surface area contributed by atoms with Gasteiger partial charge in [0, 0.05) is 30.9 Å². The smallest absolute Gasteiger partial charge is 0.321 e. The van der Waals surface area contributed by atoms with E-state index in [0.717, 1.165) is 24.3 Å². The van der Waals surface area contributed by atoms with Gasteiger partial charge >= 0.3 is 6.03 Å². The van der Waals surface area contributed by atoms with Crippen molar-refractivity contribution in [3.8, 4) is 5.75 Å². The van der Waals surface area contributed by atoms with E-state index in [0.29, 0.717) is 19.0 Å². The van der Waals surface area contributed by atoms with Crippen molar-refractivity contribution in [1.29, 1.82) is 0 Å². The maximum absolute atomic E-state index is 13.6. The molecule has 1 aliphatic rings. The zero-order valence-corrected chi connectivity index (χ0v) is 12.8. The highest BCUT2D eigenvalue weighted by Gasteiger charge is 2.26. The molecule has 1 fully saturated rings. The van der Waals surface area contributed by atoms with E-state index in [1.54, 1.807) is 16.7 Å². The summed E-state index contributed by atoms with van der Waals surface area (Å²) in [5, 5.41) is 2.52. The molecule has 1 aliphatic heterocycles. The van der Waals surface area contributed by atoms with Crippen LogP contribution in [-0.4, -0.2) is 43.1 Å². The molecule has 1 aromatic rings. The highest BCUT2D eigenvalue weighted by molar-refractivity contribution is 7.98. The summed E-state index contributed by atoms with van der Waals surface area (Å²) in [5.41, 5.74) is 0.0871. The van der Waals surface area contributed by atoms with E-state index in [4.69, 9.17) is 0 Å². The van der Waals surface area contributed by atoms with Crippen LogP contribution in [0.1, 0.15) is 6.42 Å². The Hall–Kier alpha value is -1.50. The molecule has 116 valence electrons. The number of anilines is 1. The molecule has 21 heavy (non-hydrogen) atoms. The Morgan fingerprint density at radius 2 is 2.14 bits per heavy atom. The van der Waals surface area contributed by atoms with Crippen LogP contribution in [0.3, 0.4) is 0 Å². The molecule has 0 bridgehead atoms. The van der Waals surface area contributed by atoms with E-state index in [1.165, 1.54) is 7.11 Å². The number of nitrogens with zero attached hydrogens (tertiary/aromatic N) is 1. The molecule has 2 rings (SSSR count). The van der Waals surface area contributed by atoms with Crippen LogP contribution in [0.15, 0.2) is 12.1 Å². The lowest BCUT2D eigenvalue weighted by Gasteiger charge is -2.17. The predicted molar refractivity (Wildman–Crippen MR) is 80.0 cm³/mol. The van der Waals surface area contributed by atoms with Crippen molar-refractivity contribution in [2.45, 2.75) is 6.42 Å². The second-order valence-corrected chi connectivity index (χ2v) is 5.87. The van der Waals surface area contributed by atoms with E-state index in [9.17, 15) is 13.6 Å². The number of carbonyl (C=O) groups is 1. The summed E-state index contributed by atoms with van der Waals surface area (Å²) >= 11 is 1.75. The van der Waals surface area contributed by atoms with E-state index in [-0.39, 0.29) is 11.7 Å². The summed E-state index contributed by atoms with van der Waals surface area (Å²) in [6.45, 7) is 1.34. The molecular formula is C14H18F2N2O2S. The maximum atomic E-state index is 13.6. The number of hydrogen-bond acceptors (Lipinski definition) is 3. The average molecular weight is 316 g/mol. The molecule has 1 heterocycles. The Kier molecular flexibility index (Phi) is 5.27. The highest BCUT2D eigenvalue weighted by atomic mass is 32.2. The number of hydrogen-bond donors (Lipinski definition) is 1. The molecule has 0 aromatic heterocycles. The van der Waals surface area contributed by atoms with Gasteiger partial charge in [0.2, 0.25) is 0 Å². The Labute approximate surface area is 126 Å². The first kappa shape index (κ1) is 15.9. The van der Waals surface area contributed by atoms with Gasteiger partial charge in [-0.1, -0.05) is 0 Å². The summed E-state index contributed by atoms with van der Waals surface area (Å²) < 4.78 is 31.7. The van der Waals surface area contributed by atoms with Crippen LogP contribution in [0.4, 0.5) is 19.3 Å². The van der Waals surface area contributed by atoms with Crippen LogP contribution < -0.4 is 10.1 Å². The molecule has 0 saturated carbocycles. The van der Waals surface area contributed by atoms with Crippen molar-refractivity contribution >= 4 is 23.5 Å². The van der Waals surface area contributed by atoms with E-state index < -0.39 is 17.4 Å². The van der Waals surface area contributed by atoms with Gasteiger partial charge in [0.25, 0.3) is 0 Å². The van der Waals surface area contributed by atoms with Gasteiger partial charge in [0.15, 0.2) is 17.4 Å². The Bertz CT molecular complexity index is 505. The minimum absolute atomic E-state index is 0.0871. The van der Waals surface area contributed by atoms with Crippen LogP contribution in [-0.2, 0) is 0 Å². The number of benzene rings is 1. The van der Waals surface area contributed by atoms with Crippen LogP contribution in [0.5, 0.6) is 5.75 Å². The van der Waals surface area contributed by atoms with Crippen molar-refractivity contribution < 1.29 is 18.3 Å². The Morgan fingerprint density at radius 1 is 1.48 bits per heavy atom. The van der Waals surface area contributed by atoms with Gasteiger partial charge < -0.3 is 15.0 Å². The number of nitrogens with one attached hydrogen (secondary N) is 1. The van der Waals surface area contributed by atoms with Gasteiger partial charge in [-0.2, -0.15) is 11.8 Å². The highest BCUT2D eigenvalue weighted by Crippen LogP contribution is 2.26. The van der Waals surface area contributed by atoms with Gasteiger partial charge in [-0.15, -0.1) is 0 Å². The third-order valence-electron chi connectivity index (χ3n) is 3.43. The molecule has 7 heteroatoms. The molecule has 0 spiro atoms. The van der Waals surface area contributed by atoms with E-state index in [1.807, 2.05) is 6.26 Å². The summed E-state index contributed by atoms with van der Waals surface area (Å²) in [7, 11) is 1.19. The molecule has 0 aliphatic carbocycles. The Morgan fingerprint density at radius 3 is 2.71 bits per heavy atom. The summed E-state index contributed by atoms with van der Waals surface area (Å²) in [6.07, 6.45) is 2.99. The first-order valence-corrected chi connectivity index (χ1v) is 8.02. The lowest BCUT2D eigenvalue weighted by Crippen LogP contribution is -2.33. The quantitative estimate of drug-likeness (QED) is 0.927. The number of thioether (sulfide) groups is 1. The molecule has 2 amide bonds. The topological polar surface area (TPSA) is 41.6 Å². The number of halogens is 2. The summed E-state index contributed by atoms with van der Waals surface area (Å²) in [6, 6.07) is 1.77. The second kappa shape index (κ2) is 6.98. The summed E-state index contributed by atoms with van der Waals surface area (Å²) in [4.78, 5) is 13.7. The van der Waals surface area contributed by atoms with Crippen molar-refractivity contribution in [3.63, 3.8) is 0 Å². The normalized spacial score (nSPS) is 17.9. The average Bonchev–Trinajstić information content (AvgIpc) is 2.87. The molecule has 4 nitrogen and oxygen atoms in total. The molecule has 0 unspecified atom stereocenters. The van der Waals surface area contributed by atoms with Crippen LogP contribution in [0.2, 0.25) is 0 Å². The standard InChI is InChI=1S/C14H18F2N2O2S/c1-20-13-11(15)5-10(6-12(13)16)17-14(19)18-4-3-9(7-18)8-21-2/h5-6,9H,3-4,7-8H2,1-2H3,(H,17,19)/t9-/m1/s1. The third kappa shape index (κ3) is 3.78. The lowest BCUT2D eigenvalue weighted by atomic mass is 10.2. The SMILES string of the molecule is COc1c(F)cc(NC(=O)N2CC[C@@H](CSC)C2)cc1F. The van der Waals surface area contributed by atoms with Crippen molar-refractivity contribution in [1.82, 2.24) is 4.90 Å². The number of rotatable bonds is 4. The number of ether oxygens (including phenoxy) is 1. The summed E-state index contributed by atoms with van der Waals surface area (Å²) in [5.74, 6) is -0.636. The van der Waals surface area contributed by atoms with Gasteiger partial charge in [-0.25, -0.2) is 13.6 Å². The lowest BCUT2D eigenvalue weighted by molar-refractivity contribution is 0.221. The fourth-order valence-corrected chi connectivity index (χ4v) is 3.16. The number of methoxy groups -OCH3 is 1. The van der Waals surface area contributed by atoms with Crippen LogP contribution >= 0.6 is 11.8 Å². The molecule has 1 N–H and O–H groups in total. The van der Waals surface area contributed by atoms with Gasteiger partial charge in [0.05, 0.1) is 7.11 Å². The van der Waals surface area contributed by atoms with Gasteiger partial charge in [-0.05, 0) is 24.3 Å². The first-order valence-electron chi connectivity index (χ1n) is 6.63. The van der Waals surface area contributed by atoms with E-state index >= 15 is 0 Å². The number of amides is 2. The fourth-order valence-electron chi connectivity index (χ4n) is 2.42. The largest absolute Gasteiger partial charge is 0.491 e. The molecule has 1 atom stereocenters. The minimum Gasteiger partial charge on any atom is -0.491 e. The maximum Gasteiger partial charge on any atom is 0.321 e. The first-order chi connectivity index (χ1) is 10.0. The van der Waals surface area contributed by atoms with Crippen LogP contribution in [0.25, 0.3) is 0 Å². The number of likely N-dealkylation sites (tertiary alicyclic amines) is 1. The fraction of sp³-hybridized carbons (Fsp3) is 0.500. The van der Waals surface area contributed by atoms with Crippen molar-refractivity contribution in [2.24, 2.45) is 5.92 Å². The third-order valence-corrected chi connectivity index (χ3v) is 4.23. The minimum atomic E-state index is -0.838.